The van der Waals surface area contributed by atoms with Gasteiger partial charge in [-0.3, -0.25) is 4.79 Å². The molecule has 0 aromatic heterocycles. The number of hydrogen-bond donors (Lipinski definition) is 1. The van der Waals surface area contributed by atoms with Gasteiger partial charge in [0, 0.05) is 16.6 Å². The van der Waals surface area contributed by atoms with Crippen molar-refractivity contribution in [3.05, 3.63) is 29.3 Å². The van der Waals surface area contributed by atoms with Gasteiger partial charge >= 0.3 is 0 Å². The van der Waals surface area contributed by atoms with Crippen LogP contribution in [0.25, 0.3) is 0 Å². The number of alkyl halides is 2. The maximum absolute atomic E-state index is 11.6. The lowest BCUT2D eigenvalue weighted by atomic mass is 10.0. The summed E-state index contributed by atoms with van der Waals surface area (Å²) in [6, 6.07) is 5.20. The van der Waals surface area contributed by atoms with E-state index in [1.54, 1.807) is 25.1 Å². The highest BCUT2D eigenvalue weighted by Gasteiger charge is 2.15. The molecule has 76 valence electrons. The van der Waals surface area contributed by atoms with Gasteiger partial charge in [0.05, 0.1) is 5.38 Å². The van der Waals surface area contributed by atoms with Crippen LogP contribution in [0.15, 0.2) is 18.2 Å². The summed E-state index contributed by atoms with van der Waals surface area (Å²) in [5, 5.41) is 0.0966. The Hall–Kier alpha value is -0.540. The lowest BCUT2D eigenvalue weighted by Crippen LogP contribution is -2.12. The van der Waals surface area contributed by atoms with Crippen LogP contribution in [-0.4, -0.2) is 11.2 Å². The molecule has 0 saturated carbocycles. The van der Waals surface area contributed by atoms with Crippen molar-refractivity contribution in [1.82, 2.24) is 0 Å². The van der Waals surface area contributed by atoms with E-state index in [0.29, 0.717) is 16.6 Å². The summed E-state index contributed by atoms with van der Waals surface area (Å²) in [6.07, 6.45) is 0. The molecule has 0 fully saturated rings. The number of ketones is 1. The number of carbonyl (C=O) groups is 1. The van der Waals surface area contributed by atoms with E-state index >= 15 is 0 Å². The average molecular weight is 277 g/mol. The molecular formula is C10H11BrClNO. The van der Waals surface area contributed by atoms with Crippen molar-refractivity contribution in [1.29, 1.82) is 0 Å². The van der Waals surface area contributed by atoms with Crippen molar-refractivity contribution in [2.24, 2.45) is 0 Å². The number of carbonyl (C=O) groups excluding carboxylic acids is 1. The first-order valence-corrected chi connectivity index (χ1v) is 5.74. The number of hydrogen-bond acceptors (Lipinski definition) is 2. The number of benzene rings is 1. The first-order chi connectivity index (χ1) is 6.56. The highest BCUT2D eigenvalue weighted by Crippen LogP contribution is 2.19. The molecule has 2 N–H and O–H groups in total. The number of halogens is 2. The maximum Gasteiger partial charge on any atom is 0.180 e. The van der Waals surface area contributed by atoms with E-state index in [1.807, 2.05) is 0 Å². The fourth-order valence-electron chi connectivity index (χ4n) is 1.18. The Morgan fingerprint density at radius 2 is 2.29 bits per heavy atom. The number of nitrogen functional groups attached to an aromatic ring is 1. The second-order valence-electron chi connectivity index (χ2n) is 3.03. The first kappa shape index (κ1) is 11.5. The quantitative estimate of drug-likeness (QED) is 0.524. The Labute approximate surface area is 96.6 Å². The van der Waals surface area contributed by atoms with Gasteiger partial charge in [-0.15, -0.1) is 11.6 Å². The number of Topliss-reactive ketones (excluding diaryl/α,β-unsaturated/α-hetero) is 1. The summed E-state index contributed by atoms with van der Waals surface area (Å²) in [5.41, 5.74) is 7.78. The van der Waals surface area contributed by atoms with E-state index in [1.165, 1.54) is 0 Å². The summed E-state index contributed by atoms with van der Waals surface area (Å²) in [4.78, 5) is 11.6. The van der Waals surface area contributed by atoms with Gasteiger partial charge in [-0.1, -0.05) is 15.9 Å². The lowest BCUT2D eigenvalue weighted by Gasteiger charge is -2.08. The van der Waals surface area contributed by atoms with E-state index in [4.69, 9.17) is 17.3 Å². The molecule has 0 amide bonds. The normalized spacial score (nSPS) is 12.5. The van der Waals surface area contributed by atoms with E-state index in [2.05, 4.69) is 15.9 Å². The van der Waals surface area contributed by atoms with Crippen LogP contribution in [-0.2, 0) is 5.33 Å². The largest absolute Gasteiger partial charge is 0.399 e. The Balaban J connectivity index is 3.14. The van der Waals surface area contributed by atoms with Crippen LogP contribution in [0.3, 0.4) is 0 Å². The van der Waals surface area contributed by atoms with E-state index in [0.717, 1.165) is 5.56 Å². The molecule has 0 aliphatic rings. The Bertz CT molecular complexity index is 352. The second-order valence-corrected chi connectivity index (χ2v) is 4.25. The third-order valence-electron chi connectivity index (χ3n) is 1.90. The smallest absolute Gasteiger partial charge is 0.180 e. The van der Waals surface area contributed by atoms with E-state index in [-0.39, 0.29) is 5.78 Å². The predicted molar refractivity (Wildman–Crippen MR) is 63.1 cm³/mol. The fraction of sp³-hybridized carbons (Fsp3) is 0.300. The van der Waals surface area contributed by atoms with Crippen LogP contribution in [0.1, 0.15) is 22.8 Å². The van der Waals surface area contributed by atoms with Crippen LogP contribution in [0.2, 0.25) is 0 Å². The van der Waals surface area contributed by atoms with E-state index < -0.39 is 5.38 Å². The van der Waals surface area contributed by atoms with Crippen LogP contribution >= 0.6 is 27.5 Å². The molecule has 1 aromatic carbocycles. The molecule has 0 aliphatic carbocycles. The van der Waals surface area contributed by atoms with Gasteiger partial charge in [0.25, 0.3) is 0 Å². The molecule has 2 nitrogen and oxygen atoms in total. The minimum absolute atomic E-state index is 0.0684. The summed E-state index contributed by atoms with van der Waals surface area (Å²) in [6.45, 7) is 1.66. The van der Waals surface area contributed by atoms with Crippen molar-refractivity contribution in [3.8, 4) is 0 Å². The molecule has 4 heteroatoms. The number of nitrogens with two attached hydrogens (primary N) is 1. The van der Waals surface area contributed by atoms with Gasteiger partial charge in [-0.25, -0.2) is 0 Å². The molecule has 0 bridgehead atoms. The number of anilines is 1. The highest BCUT2D eigenvalue weighted by molar-refractivity contribution is 9.08. The summed E-state index contributed by atoms with van der Waals surface area (Å²) < 4.78 is 0. The Morgan fingerprint density at radius 1 is 1.64 bits per heavy atom. The van der Waals surface area contributed by atoms with Gasteiger partial charge in [0.15, 0.2) is 5.78 Å². The predicted octanol–water partition coefficient (Wildman–Crippen LogP) is 2.97. The molecule has 0 heterocycles. The third-order valence-corrected chi connectivity index (χ3v) is 2.70. The molecule has 14 heavy (non-hydrogen) atoms. The molecule has 0 aliphatic heterocycles. The minimum atomic E-state index is -0.503. The van der Waals surface area contributed by atoms with E-state index in [9.17, 15) is 4.79 Å². The Kier molecular flexibility index (Phi) is 3.96. The van der Waals surface area contributed by atoms with Gasteiger partial charge < -0.3 is 5.73 Å². The zero-order valence-electron chi connectivity index (χ0n) is 7.76. The standard InChI is InChI=1S/C10H11BrClNO/c1-6(12)10(14)9-3-2-8(13)4-7(9)5-11/h2-4,6H,5,13H2,1H3. The molecular weight excluding hydrogens is 265 g/mol. The molecule has 0 spiro atoms. The van der Waals surface area contributed by atoms with Crippen molar-refractivity contribution >= 4 is 39.0 Å². The van der Waals surface area contributed by atoms with Crippen LogP contribution in [0.5, 0.6) is 0 Å². The van der Waals surface area contributed by atoms with Gasteiger partial charge in [-0.05, 0) is 30.7 Å². The Morgan fingerprint density at radius 3 is 2.79 bits per heavy atom. The third kappa shape index (κ3) is 2.49. The van der Waals surface area contributed by atoms with Crippen molar-refractivity contribution in [2.45, 2.75) is 17.6 Å². The van der Waals surface area contributed by atoms with Crippen LogP contribution < -0.4 is 5.73 Å². The molecule has 1 unspecified atom stereocenters. The SMILES string of the molecule is CC(Cl)C(=O)c1ccc(N)cc1CBr. The highest BCUT2D eigenvalue weighted by atomic mass is 79.9. The van der Waals surface area contributed by atoms with Crippen LogP contribution in [0, 0.1) is 0 Å². The lowest BCUT2D eigenvalue weighted by molar-refractivity contribution is 0.0991. The average Bonchev–Trinajstić information content (AvgIpc) is 2.16. The fourth-order valence-corrected chi connectivity index (χ4v) is 1.76. The topological polar surface area (TPSA) is 43.1 Å². The maximum atomic E-state index is 11.6. The number of rotatable bonds is 3. The molecule has 0 saturated heterocycles. The molecule has 1 rings (SSSR count). The monoisotopic (exact) mass is 275 g/mol. The molecule has 1 aromatic rings. The zero-order valence-corrected chi connectivity index (χ0v) is 10.1. The van der Waals surface area contributed by atoms with Gasteiger partial charge in [-0.2, -0.15) is 0 Å². The zero-order chi connectivity index (χ0) is 10.7. The molecule has 1 atom stereocenters. The van der Waals surface area contributed by atoms with Crippen LogP contribution in [0.4, 0.5) is 5.69 Å². The minimum Gasteiger partial charge on any atom is -0.399 e. The van der Waals surface area contributed by atoms with Crippen molar-refractivity contribution in [3.63, 3.8) is 0 Å². The summed E-state index contributed by atoms with van der Waals surface area (Å²) in [5.74, 6) is -0.0684. The van der Waals surface area contributed by atoms with Gasteiger partial charge in [0.1, 0.15) is 0 Å². The first-order valence-electron chi connectivity index (χ1n) is 4.19. The summed E-state index contributed by atoms with van der Waals surface area (Å²) >= 11 is 9.04. The molecule has 0 radical (unpaired) electrons. The second kappa shape index (κ2) is 4.80. The summed E-state index contributed by atoms with van der Waals surface area (Å²) in [7, 11) is 0. The van der Waals surface area contributed by atoms with Crippen molar-refractivity contribution in [2.75, 3.05) is 5.73 Å². The van der Waals surface area contributed by atoms with Crippen molar-refractivity contribution < 1.29 is 4.79 Å². The van der Waals surface area contributed by atoms with Gasteiger partial charge in [0.2, 0.25) is 0 Å².